The molecule has 0 aliphatic carbocycles. The average molecular weight is 364 g/mol. The Morgan fingerprint density at radius 2 is 1.85 bits per heavy atom. The fourth-order valence-electron chi connectivity index (χ4n) is 3.79. The first-order valence-corrected chi connectivity index (χ1v) is 9.21. The minimum Gasteiger partial charge on any atom is -0.492 e. The Balaban J connectivity index is 1.88. The van der Waals surface area contributed by atoms with Crippen molar-refractivity contribution in [1.82, 2.24) is 4.57 Å². The van der Waals surface area contributed by atoms with Gasteiger partial charge in [-0.05, 0) is 43.5 Å². The molecule has 3 aromatic rings. The second-order valence-corrected chi connectivity index (χ2v) is 6.74. The smallest absolute Gasteiger partial charge is 0.269 e. The maximum Gasteiger partial charge on any atom is 0.269 e. The molecule has 1 aliphatic rings. The van der Waals surface area contributed by atoms with Gasteiger partial charge in [-0.15, -0.1) is 0 Å². The maximum atomic E-state index is 11.0. The monoisotopic (exact) mass is 364 g/mol. The van der Waals surface area contributed by atoms with Crippen molar-refractivity contribution in [3.05, 3.63) is 70.7 Å². The molecule has 2 aromatic carbocycles. The summed E-state index contributed by atoms with van der Waals surface area (Å²) in [7, 11) is 1.69. The fraction of sp³-hybridized carbons (Fsp3) is 0.286. The number of non-ortho nitro benzene ring substituents is 1. The van der Waals surface area contributed by atoms with E-state index in [2.05, 4.69) is 21.4 Å². The Morgan fingerprint density at radius 3 is 2.59 bits per heavy atom. The van der Waals surface area contributed by atoms with Crippen molar-refractivity contribution < 1.29 is 14.2 Å². The third kappa shape index (κ3) is 3.18. The van der Waals surface area contributed by atoms with Crippen molar-refractivity contribution in [2.24, 2.45) is 0 Å². The first-order chi connectivity index (χ1) is 13.2. The maximum absolute atomic E-state index is 11.0. The van der Waals surface area contributed by atoms with Gasteiger partial charge in [-0.2, -0.15) is 4.57 Å². The van der Waals surface area contributed by atoms with E-state index in [9.17, 15) is 10.1 Å². The number of rotatable bonds is 4. The number of hydrogen-bond acceptors (Lipinski definition) is 3. The summed E-state index contributed by atoms with van der Waals surface area (Å²) < 4.78 is 10.1. The number of hydrogen-bond donors (Lipinski definition) is 0. The van der Waals surface area contributed by atoms with Gasteiger partial charge in [-0.25, -0.2) is 4.57 Å². The molecule has 1 aromatic heterocycles. The molecule has 0 unspecified atom stereocenters. The van der Waals surface area contributed by atoms with E-state index in [1.165, 1.54) is 12.2 Å². The topological polar surface area (TPSA) is 61.2 Å². The molecule has 6 heteroatoms. The van der Waals surface area contributed by atoms with Crippen LogP contribution in [0.15, 0.2) is 54.7 Å². The Kier molecular flexibility index (Phi) is 4.62. The normalized spacial score (nSPS) is 13.7. The van der Waals surface area contributed by atoms with Gasteiger partial charge in [0.05, 0.1) is 18.6 Å². The summed E-state index contributed by atoms with van der Waals surface area (Å²) in [6.07, 6.45) is 6.60. The Labute approximate surface area is 157 Å². The second-order valence-electron chi connectivity index (χ2n) is 6.74. The number of fused-ring (bicyclic) bond motifs is 1. The Hall–Kier alpha value is -3.15. The number of methoxy groups -OCH3 is 1. The molecular formula is C21H22N3O3+. The molecule has 0 radical (unpaired) electrons. The van der Waals surface area contributed by atoms with Crippen molar-refractivity contribution in [3.8, 4) is 22.7 Å². The molecule has 0 bridgehead atoms. The molecule has 0 amide bonds. The van der Waals surface area contributed by atoms with Crippen LogP contribution < -0.4 is 9.30 Å². The van der Waals surface area contributed by atoms with E-state index in [-0.39, 0.29) is 10.6 Å². The number of aromatic nitrogens is 2. The van der Waals surface area contributed by atoms with Crippen molar-refractivity contribution in [1.29, 1.82) is 0 Å². The molecule has 0 N–H and O–H groups in total. The van der Waals surface area contributed by atoms with Crippen molar-refractivity contribution in [2.75, 3.05) is 7.11 Å². The number of nitro benzene ring substituents is 1. The van der Waals surface area contributed by atoms with Crippen LogP contribution in [0.2, 0.25) is 0 Å². The van der Waals surface area contributed by atoms with Crippen LogP contribution in [0.4, 0.5) is 5.69 Å². The molecule has 27 heavy (non-hydrogen) atoms. The van der Waals surface area contributed by atoms with Gasteiger partial charge in [0.25, 0.3) is 11.5 Å². The van der Waals surface area contributed by atoms with Crippen molar-refractivity contribution in [3.63, 3.8) is 0 Å². The van der Waals surface area contributed by atoms with Crippen LogP contribution in [0.5, 0.6) is 5.75 Å². The Bertz CT molecular complexity index is 977. The van der Waals surface area contributed by atoms with Crippen LogP contribution in [-0.4, -0.2) is 16.6 Å². The van der Waals surface area contributed by atoms with Crippen LogP contribution >= 0.6 is 0 Å². The number of nitrogens with zero attached hydrogens (tertiary/aromatic N) is 3. The first kappa shape index (κ1) is 17.3. The molecule has 6 nitrogen and oxygen atoms in total. The lowest BCUT2D eigenvalue weighted by Crippen LogP contribution is -2.38. The third-order valence-electron chi connectivity index (χ3n) is 5.13. The van der Waals surface area contributed by atoms with Gasteiger partial charge in [0, 0.05) is 24.1 Å². The molecule has 0 atom stereocenters. The molecular weight excluding hydrogens is 342 g/mol. The fourth-order valence-corrected chi connectivity index (χ4v) is 3.79. The number of ether oxygens (including phenoxy) is 1. The summed E-state index contributed by atoms with van der Waals surface area (Å²) >= 11 is 0. The molecule has 0 fully saturated rings. The van der Waals surface area contributed by atoms with E-state index < -0.39 is 0 Å². The molecule has 138 valence electrons. The SMILES string of the molecule is COc1ccccc1-n1cc(-c2ccc([N+](=O)[O-])cc2)[n+]2c1CCCCC2. The number of para-hydroxylation sites is 2. The van der Waals surface area contributed by atoms with Crippen LogP contribution in [0.3, 0.4) is 0 Å². The standard InChI is InChI=1S/C21H22N3O3/c1-27-20-8-5-4-7-18(20)23-15-19(22-14-6-2-3-9-21(22)23)16-10-12-17(13-11-16)24(25)26/h4-5,7-8,10-13,15H,2-3,6,9,14H2,1H3/q+1. The van der Waals surface area contributed by atoms with E-state index >= 15 is 0 Å². The van der Waals surface area contributed by atoms with E-state index in [0.29, 0.717) is 0 Å². The highest BCUT2D eigenvalue weighted by molar-refractivity contribution is 5.59. The predicted octanol–water partition coefficient (Wildman–Crippen LogP) is 4.08. The van der Waals surface area contributed by atoms with Crippen LogP contribution in [0.25, 0.3) is 16.9 Å². The highest BCUT2D eigenvalue weighted by Gasteiger charge is 2.28. The molecule has 0 saturated carbocycles. The van der Waals surface area contributed by atoms with Crippen LogP contribution in [0.1, 0.15) is 25.1 Å². The summed E-state index contributed by atoms with van der Waals surface area (Å²) in [6.45, 7) is 0.948. The largest absolute Gasteiger partial charge is 0.492 e. The first-order valence-electron chi connectivity index (χ1n) is 9.21. The van der Waals surface area contributed by atoms with Gasteiger partial charge < -0.3 is 4.74 Å². The summed E-state index contributed by atoms with van der Waals surface area (Å²) in [5.41, 5.74) is 3.18. The number of nitro groups is 1. The zero-order chi connectivity index (χ0) is 18.8. The highest BCUT2D eigenvalue weighted by Crippen LogP contribution is 2.29. The van der Waals surface area contributed by atoms with Gasteiger partial charge in [-0.3, -0.25) is 10.1 Å². The zero-order valence-corrected chi connectivity index (χ0v) is 15.3. The molecule has 1 aliphatic heterocycles. The molecule has 0 saturated heterocycles. The predicted molar refractivity (Wildman–Crippen MR) is 102 cm³/mol. The summed E-state index contributed by atoms with van der Waals surface area (Å²) in [6, 6.07) is 14.8. The molecule has 0 spiro atoms. The van der Waals surface area contributed by atoms with Gasteiger partial charge in [-0.1, -0.05) is 12.1 Å². The highest BCUT2D eigenvalue weighted by atomic mass is 16.6. The number of imidazole rings is 1. The van der Waals surface area contributed by atoms with Crippen molar-refractivity contribution >= 4 is 5.69 Å². The lowest BCUT2D eigenvalue weighted by molar-refractivity contribution is -0.692. The summed E-state index contributed by atoms with van der Waals surface area (Å²) in [4.78, 5) is 10.6. The van der Waals surface area contributed by atoms with Gasteiger partial charge in [0.1, 0.15) is 6.20 Å². The Morgan fingerprint density at radius 1 is 1.07 bits per heavy atom. The van der Waals surface area contributed by atoms with E-state index in [1.807, 2.05) is 30.3 Å². The average Bonchev–Trinajstić information content (AvgIpc) is 2.88. The zero-order valence-electron chi connectivity index (χ0n) is 15.3. The lowest BCUT2D eigenvalue weighted by Gasteiger charge is -2.06. The molecule has 2 heterocycles. The van der Waals surface area contributed by atoms with Crippen molar-refractivity contribution in [2.45, 2.75) is 32.2 Å². The van der Waals surface area contributed by atoms with E-state index in [4.69, 9.17) is 4.74 Å². The van der Waals surface area contributed by atoms with Gasteiger partial charge in [0.2, 0.25) is 0 Å². The minimum atomic E-state index is -0.364. The van der Waals surface area contributed by atoms with Crippen LogP contribution in [0, 0.1) is 10.1 Å². The third-order valence-corrected chi connectivity index (χ3v) is 5.13. The summed E-state index contributed by atoms with van der Waals surface area (Å²) in [5, 5.41) is 11.0. The second kappa shape index (κ2) is 7.23. The van der Waals surface area contributed by atoms with Crippen LogP contribution in [-0.2, 0) is 13.0 Å². The van der Waals surface area contributed by atoms with Gasteiger partial charge in [0.15, 0.2) is 17.1 Å². The quantitative estimate of drug-likeness (QED) is 0.398. The lowest BCUT2D eigenvalue weighted by atomic mass is 10.1. The minimum absolute atomic E-state index is 0.110. The van der Waals surface area contributed by atoms with Gasteiger partial charge >= 0.3 is 0 Å². The molecule has 4 rings (SSSR count). The van der Waals surface area contributed by atoms with E-state index in [1.54, 1.807) is 19.2 Å². The number of benzene rings is 2. The van der Waals surface area contributed by atoms with E-state index in [0.717, 1.165) is 48.5 Å². The summed E-state index contributed by atoms with van der Waals surface area (Å²) in [5.74, 6) is 2.07.